The summed E-state index contributed by atoms with van der Waals surface area (Å²) in [4.78, 5) is 1.00. The minimum absolute atomic E-state index is 0.418. The summed E-state index contributed by atoms with van der Waals surface area (Å²) < 4.78 is 27.0. The fraction of sp³-hybridized carbons (Fsp3) is 0.455. The van der Waals surface area contributed by atoms with Gasteiger partial charge in [0.2, 0.25) is 0 Å². The highest BCUT2D eigenvalue weighted by molar-refractivity contribution is 7.99. The molecule has 0 aliphatic rings. The third-order valence-corrected chi connectivity index (χ3v) is 4.86. The van der Waals surface area contributed by atoms with E-state index in [9.17, 15) is 8.42 Å². The van der Waals surface area contributed by atoms with Crippen LogP contribution in [0.5, 0.6) is 0 Å². The van der Waals surface area contributed by atoms with Crippen LogP contribution in [0.15, 0.2) is 23.1 Å². The standard InChI is InChI=1S/C11H19N3O2S2/c1-4-7-17-9-5-6-10(12)11(8-9)13-18(15,16)14(2)3/h5-6,8,13H,4,7,12H2,1-3H3. The van der Waals surface area contributed by atoms with Gasteiger partial charge in [0.15, 0.2) is 0 Å². The molecule has 1 rings (SSSR count). The molecule has 1 aromatic carbocycles. The van der Waals surface area contributed by atoms with E-state index in [0.29, 0.717) is 11.4 Å². The zero-order valence-electron chi connectivity index (χ0n) is 10.8. The third kappa shape index (κ3) is 4.08. The summed E-state index contributed by atoms with van der Waals surface area (Å²) in [7, 11) is -0.584. The summed E-state index contributed by atoms with van der Waals surface area (Å²) in [5.41, 5.74) is 6.61. The molecule has 0 saturated heterocycles. The molecular formula is C11H19N3O2S2. The van der Waals surface area contributed by atoms with Crippen LogP contribution < -0.4 is 10.5 Å². The van der Waals surface area contributed by atoms with Crippen molar-refractivity contribution in [2.45, 2.75) is 18.2 Å². The van der Waals surface area contributed by atoms with E-state index < -0.39 is 10.2 Å². The summed E-state index contributed by atoms with van der Waals surface area (Å²) in [5.74, 6) is 0.990. The van der Waals surface area contributed by atoms with Crippen LogP contribution in [0, 0.1) is 0 Å². The maximum Gasteiger partial charge on any atom is 0.301 e. The first-order chi connectivity index (χ1) is 8.36. The lowest BCUT2D eigenvalue weighted by atomic mass is 10.3. The van der Waals surface area contributed by atoms with Gasteiger partial charge >= 0.3 is 10.2 Å². The summed E-state index contributed by atoms with van der Waals surface area (Å²) in [6.45, 7) is 2.10. The Balaban J connectivity index is 2.94. The molecule has 0 aromatic heterocycles. The highest BCUT2D eigenvalue weighted by Gasteiger charge is 2.14. The molecule has 0 amide bonds. The van der Waals surface area contributed by atoms with Gasteiger partial charge in [-0.15, -0.1) is 11.8 Å². The highest BCUT2D eigenvalue weighted by atomic mass is 32.2. The number of nitrogen functional groups attached to an aromatic ring is 1. The Hall–Kier alpha value is -0.920. The van der Waals surface area contributed by atoms with Crippen LogP contribution in [0.25, 0.3) is 0 Å². The Labute approximate surface area is 113 Å². The summed E-state index contributed by atoms with van der Waals surface area (Å²) in [6, 6.07) is 5.37. The van der Waals surface area contributed by atoms with E-state index in [1.54, 1.807) is 23.9 Å². The molecule has 1 aromatic rings. The Morgan fingerprint density at radius 3 is 2.61 bits per heavy atom. The first-order valence-electron chi connectivity index (χ1n) is 5.59. The molecule has 5 nitrogen and oxygen atoms in total. The lowest BCUT2D eigenvalue weighted by Crippen LogP contribution is -2.29. The van der Waals surface area contributed by atoms with Crippen LogP contribution in [-0.4, -0.2) is 32.6 Å². The Bertz CT molecular complexity index is 501. The van der Waals surface area contributed by atoms with E-state index in [1.807, 2.05) is 6.07 Å². The molecule has 0 radical (unpaired) electrons. The van der Waals surface area contributed by atoms with Gasteiger partial charge in [-0.05, 0) is 30.4 Å². The fourth-order valence-electron chi connectivity index (χ4n) is 1.16. The maximum absolute atomic E-state index is 11.7. The summed E-state index contributed by atoms with van der Waals surface area (Å²) in [6.07, 6.45) is 1.06. The number of nitrogens with two attached hydrogens (primary N) is 1. The van der Waals surface area contributed by atoms with Crippen LogP contribution >= 0.6 is 11.8 Å². The number of thioether (sulfide) groups is 1. The number of anilines is 2. The number of hydrogen-bond donors (Lipinski definition) is 2. The highest BCUT2D eigenvalue weighted by Crippen LogP contribution is 2.27. The largest absolute Gasteiger partial charge is 0.397 e. The van der Waals surface area contributed by atoms with Crippen molar-refractivity contribution in [1.29, 1.82) is 0 Å². The van der Waals surface area contributed by atoms with E-state index in [2.05, 4.69) is 11.6 Å². The average molecular weight is 289 g/mol. The Kier molecular flexibility index (Phi) is 5.30. The maximum atomic E-state index is 11.7. The lowest BCUT2D eigenvalue weighted by Gasteiger charge is -2.15. The number of nitrogens with zero attached hydrogens (tertiary/aromatic N) is 1. The minimum Gasteiger partial charge on any atom is -0.397 e. The molecule has 102 valence electrons. The second-order valence-corrected chi connectivity index (χ2v) is 7.04. The van der Waals surface area contributed by atoms with Gasteiger partial charge in [0.1, 0.15) is 0 Å². The van der Waals surface area contributed by atoms with E-state index in [4.69, 9.17) is 5.73 Å². The topological polar surface area (TPSA) is 75.4 Å². The van der Waals surface area contributed by atoms with Crippen molar-refractivity contribution in [1.82, 2.24) is 4.31 Å². The minimum atomic E-state index is -3.52. The number of rotatable bonds is 6. The summed E-state index contributed by atoms with van der Waals surface area (Å²) >= 11 is 1.67. The van der Waals surface area contributed by atoms with Crippen LogP contribution in [0.3, 0.4) is 0 Å². The molecule has 0 heterocycles. The van der Waals surface area contributed by atoms with Crippen molar-refractivity contribution in [3.63, 3.8) is 0 Å². The van der Waals surface area contributed by atoms with Gasteiger partial charge in [-0.2, -0.15) is 12.7 Å². The van der Waals surface area contributed by atoms with Crippen LogP contribution in [0.2, 0.25) is 0 Å². The van der Waals surface area contributed by atoms with Crippen molar-refractivity contribution < 1.29 is 8.42 Å². The first kappa shape index (κ1) is 15.1. The van der Waals surface area contributed by atoms with Gasteiger partial charge in [0, 0.05) is 19.0 Å². The van der Waals surface area contributed by atoms with Crippen LogP contribution in [-0.2, 0) is 10.2 Å². The van der Waals surface area contributed by atoms with E-state index in [0.717, 1.165) is 21.4 Å². The first-order valence-corrected chi connectivity index (χ1v) is 8.02. The molecule has 0 spiro atoms. The number of hydrogen-bond acceptors (Lipinski definition) is 4. The summed E-state index contributed by atoms with van der Waals surface area (Å²) in [5, 5.41) is 0. The van der Waals surface area contributed by atoms with Crippen molar-refractivity contribution >= 4 is 33.3 Å². The van der Waals surface area contributed by atoms with E-state index >= 15 is 0 Å². The van der Waals surface area contributed by atoms with E-state index in [-0.39, 0.29) is 0 Å². The lowest BCUT2D eigenvalue weighted by molar-refractivity contribution is 0.527. The number of benzene rings is 1. The number of nitrogens with one attached hydrogen (secondary N) is 1. The molecule has 0 unspecified atom stereocenters. The molecule has 18 heavy (non-hydrogen) atoms. The molecule has 0 aliphatic carbocycles. The van der Waals surface area contributed by atoms with Gasteiger partial charge < -0.3 is 5.73 Å². The molecule has 0 atom stereocenters. The van der Waals surface area contributed by atoms with Crippen molar-refractivity contribution in [2.24, 2.45) is 0 Å². The van der Waals surface area contributed by atoms with Crippen molar-refractivity contribution in [2.75, 3.05) is 30.3 Å². The second-order valence-electron chi connectivity index (χ2n) is 3.99. The molecule has 0 bridgehead atoms. The molecule has 7 heteroatoms. The predicted molar refractivity (Wildman–Crippen MR) is 78.1 cm³/mol. The van der Waals surface area contributed by atoms with Crippen LogP contribution in [0.1, 0.15) is 13.3 Å². The molecule has 0 fully saturated rings. The monoisotopic (exact) mass is 289 g/mol. The zero-order chi connectivity index (χ0) is 13.8. The normalized spacial score (nSPS) is 11.8. The fourth-order valence-corrected chi connectivity index (χ4v) is 2.61. The van der Waals surface area contributed by atoms with Gasteiger partial charge in [0.05, 0.1) is 11.4 Å². The van der Waals surface area contributed by atoms with E-state index in [1.165, 1.54) is 14.1 Å². The zero-order valence-corrected chi connectivity index (χ0v) is 12.4. The molecule has 0 saturated carbocycles. The quantitative estimate of drug-likeness (QED) is 0.620. The second kappa shape index (κ2) is 6.31. The Morgan fingerprint density at radius 1 is 1.39 bits per heavy atom. The Morgan fingerprint density at radius 2 is 2.06 bits per heavy atom. The SMILES string of the molecule is CCCSc1ccc(N)c(NS(=O)(=O)N(C)C)c1. The van der Waals surface area contributed by atoms with Gasteiger partial charge in [-0.3, -0.25) is 4.72 Å². The van der Waals surface area contributed by atoms with Crippen molar-refractivity contribution in [3.05, 3.63) is 18.2 Å². The molecular weight excluding hydrogens is 270 g/mol. The predicted octanol–water partition coefficient (Wildman–Crippen LogP) is 1.99. The van der Waals surface area contributed by atoms with Gasteiger partial charge in [0.25, 0.3) is 0 Å². The molecule has 0 aliphatic heterocycles. The van der Waals surface area contributed by atoms with Gasteiger partial charge in [-0.1, -0.05) is 6.92 Å². The molecule has 3 N–H and O–H groups in total. The van der Waals surface area contributed by atoms with Crippen molar-refractivity contribution in [3.8, 4) is 0 Å². The van der Waals surface area contributed by atoms with Gasteiger partial charge in [-0.25, -0.2) is 0 Å². The third-order valence-electron chi connectivity index (χ3n) is 2.22. The average Bonchev–Trinajstić information content (AvgIpc) is 2.29. The van der Waals surface area contributed by atoms with Crippen LogP contribution in [0.4, 0.5) is 11.4 Å². The smallest absolute Gasteiger partial charge is 0.301 e.